The third kappa shape index (κ3) is 3.61. The normalized spacial score (nSPS) is 11.0. The molecule has 1 amide bonds. The largest absolute Gasteiger partial charge is 0.352 e. The van der Waals surface area contributed by atoms with Crippen LogP contribution in [0.25, 0.3) is 23.2 Å². The average molecular weight is 303 g/mol. The van der Waals surface area contributed by atoms with E-state index in [0.717, 1.165) is 22.3 Å². The molecule has 3 aromatic rings. The summed E-state index contributed by atoms with van der Waals surface area (Å²) in [4.78, 5) is 20.5. The maximum atomic E-state index is 11.7. The zero-order chi connectivity index (χ0) is 16.1. The topological polar surface area (TPSA) is 54.9 Å². The minimum absolute atomic E-state index is 0.0506. The Morgan fingerprint density at radius 3 is 2.70 bits per heavy atom. The summed E-state index contributed by atoms with van der Waals surface area (Å²) in [6.07, 6.45) is 5.65. The summed E-state index contributed by atoms with van der Waals surface area (Å²) in [7, 11) is 0. The number of amides is 1. The standard InChI is InChI=1S/C19H17N3O/c1-2-20-19(23)16-8-5-14(6-9-16)7-11-17-12-10-15-4-3-13-21-18(15)22-17/h3-13H,2H2,1H3,(H,20,23)/b11-7+. The van der Waals surface area contributed by atoms with E-state index in [2.05, 4.69) is 15.3 Å². The van der Waals surface area contributed by atoms with Gasteiger partial charge in [-0.25, -0.2) is 9.97 Å². The summed E-state index contributed by atoms with van der Waals surface area (Å²) in [6, 6.07) is 15.3. The Morgan fingerprint density at radius 1 is 1.09 bits per heavy atom. The van der Waals surface area contributed by atoms with Gasteiger partial charge in [0.15, 0.2) is 5.65 Å². The lowest BCUT2D eigenvalue weighted by atomic mass is 10.1. The summed E-state index contributed by atoms with van der Waals surface area (Å²) in [5.74, 6) is -0.0506. The highest BCUT2D eigenvalue weighted by atomic mass is 16.1. The first-order valence-corrected chi connectivity index (χ1v) is 7.54. The van der Waals surface area contributed by atoms with Crippen LogP contribution in [0.1, 0.15) is 28.5 Å². The minimum atomic E-state index is -0.0506. The number of fused-ring (bicyclic) bond motifs is 1. The van der Waals surface area contributed by atoms with Crippen LogP contribution in [0.15, 0.2) is 54.7 Å². The fourth-order valence-electron chi connectivity index (χ4n) is 2.25. The van der Waals surface area contributed by atoms with Gasteiger partial charge in [0.05, 0.1) is 5.69 Å². The van der Waals surface area contributed by atoms with E-state index in [9.17, 15) is 4.79 Å². The Hall–Kier alpha value is -3.01. The molecule has 4 nitrogen and oxygen atoms in total. The Morgan fingerprint density at radius 2 is 1.91 bits per heavy atom. The number of carbonyl (C=O) groups excluding carboxylic acids is 1. The van der Waals surface area contributed by atoms with Gasteiger partial charge in [-0.05, 0) is 55.0 Å². The number of aromatic nitrogens is 2. The summed E-state index contributed by atoms with van der Waals surface area (Å²) >= 11 is 0. The molecular weight excluding hydrogens is 286 g/mol. The van der Waals surface area contributed by atoms with Crippen LogP contribution in [0.3, 0.4) is 0 Å². The van der Waals surface area contributed by atoms with E-state index >= 15 is 0 Å². The van der Waals surface area contributed by atoms with E-state index in [0.29, 0.717) is 12.1 Å². The second-order valence-electron chi connectivity index (χ2n) is 5.10. The molecule has 114 valence electrons. The first-order chi connectivity index (χ1) is 11.3. The Kier molecular flexibility index (Phi) is 4.43. The van der Waals surface area contributed by atoms with Gasteiger partial charge < -0.3 is 5.32 Å². The number of carbonyl (C=O) groups is 1. The molecule has 4 heteroatoms. The molecular formula is C19H17N3O. The Labute approximate surface area is 134 Å². The molecule has 0 spiro atoms. The van der Waals surface area contributed by atoms with Crippen molar-refractivity contribution in [1.29, 1.82) is 0 Å². The Balaban J connectivity index is 1.77. The van der Waals surface area contributed by atoms with Gasteiger partial charge >= 0.3 is 0 Å². The maximum absolute atomic E-state index is 11.7. The molecule has 2 heterocycles. The smallest absolute Gasteiger partial charge is 0.251 e. The van der Waals surface area contributed by atoms with Crippen molar-refractivity contribution in [2.45, 2.75) is 6.92 Å². The van der Waals surface area contributed by atoms with Crippen molar-refractivity contribution in [2.24, 2.45) is 0 Å². The van der Waals surface area contributed by atoms with Gasteiger partial charge in [0.25, 0.3) is 5.91 Å². The van der Waals surface area contributed by atoms with Crippen LogP contribution < -0.4 is 5.32 Å². The molecule has 0 bridgehead atoms. The van der Waals surface area contributed by atoms with Crippen LogP contribution in [0.4, 0.5) is 0 Å². The summed E-state index contributed by atoms with van der Waals surface area (Å²) in [5, 5.41) is 3.81. The van der Waals surface area contributed by atoms with Crippen LogP contribution in [0, 0.1) is 0 Å². The fourth-order valence-corrected chi connectivity index (χ4v) is 2.25. The van der Waals surface area contributed by atoms with Crippen molar-refractivity contribution in [3.8, 4) is 0 Å². The van der Waals surface area contributed by atoms with E-state index in [4.69, 9.17) is 0 Å². The molecule has 0 aliphatic carbocycles. The van der Waals surface area contributed by atoms with E-state index < -0.39 is 0 Å². The van der Waals surface area contributed by atoms with Crippen molar-refractivity contribution in [3.63, 3.8) is 0 Å². The van der Waals surface area contributed by atoms with Gasteiger partial charge in [-0.3, -0.25) is 4.79 Å². The van der Waals surface area contributed by atoms with Gasteiger partial charge in [-0.15, -0.1) is 0 Å². The molecule has 0 aliphatic rings. The predicted octanol–water partition coefficient (Wildman–Crippen LogP) is 3.55. The van der Waals surface area contributed by atoms with Gasteiger partial charge in [0.2, 0.25) is 0 Å². The molecule has 0 saturated carbocycles. The van der Waals surface area contributed by atoms with E-state index in [-0.39, 0.29) is 5.91 Å². The zero-order valence-electron chi connectivity index (χ0n) is 12.9. The molecule has 0 atom stereocenters. The molecule has 3 rings (SSSR count). The zero-order valence-corrected chi connectivity index (χ0v) is 12.9. The van der Waals surface area contributed by atoms with Crippen LogP contribution >= 0.6 is 0 Å². The first kappa shape index (κ1) is 14.9. The monoisotopic (exact) mass is 303 g/mol. The highest BCUT2D eigenvalue weighted by Gasteiger charge is 2.02. The lowest BCUT2D eigenvalue weighted by Crippen LogP contribution is -2.22. The molecule has 1 aromatic carbocycles. The average Bonchev–Trinajstić information content (AvgIpc) is 2.60. The number of hydrogen-bond acceptors (Lipinski definition) is 3. The molecule has 0 saturated heterocycles. The molecule has 0 radical (unpaired) electrons. The van der Waals surface area contributed by atoms with Crippen molar-refractivity contribution in [3.05, 3.63) is 71.5 Å². The fraction of sp³-hybridized carbons (Fsp3) is 0.105. The second kappa shape index (κ2) is 6.83. The van der Waals surface area contributed by atoms with Crippen LogP contribution in [0.2, 0.25) is 0 Å². The lowest BCUT2D eigenvalue weighted by Gasteiger charge is -2.02. The van der Waals surface area contributed by atoms with Crippen LogP contribution in [-0.2, 0) is 0 Å². The summed E-state index contributed by atoms with van der Waals surface area (Å²) in [6.45, 7) is 2.53. The number of hydrogen-bond donors (Lipinski definition) is 1. The summed E-state index contributed by atoms with van der Waals surface area (Å²) in [5.41, 5.74) is 3.27. The van der Waals surface area contributed by atoms with Gasteiger partial charge in [-0.2, -0.15) is 0 Å². The molecule has 1 N–H and O–H groups in total. The molecule has 0 aliphatic heterocycles. The second-order valence-corrected chi connectivity index (χ2v) is 5.10. The van der Waals surface area contributed by atoms with Crippen molar-refractivity contribution < 1.29 is 4.79 Å². The van der Waals surface area contributed by atoms with Crippen molar-refractivity contribution >= 4 is 29.1 Å². The first-order valence-electron chi connectivity index (χ1n) is 7.54. The highest BCUT2D eigenvalue weighted by molar-refractivity contribution is 5.94. The third-order valence-electron chi connectivity index (χ3n) is 3.44. The highest BCUT2D eigenvalue weighted by Crippen LogP contribution is 2.12. The van der Waals surface area contributed by atoms with E-state index in [1.165, 1.54) is 0 Å². The molecule has 2 aromatic heterocycles. The van der Waals surface area contributed by atoms with E-state index in [1.54, 1.807) is 6.20 Å². The molecule has 0 fully saturated rings. The maximum Gasteiger partial charge on any atom is 0.251 e. The molecule has 23 heavy (non-hydrogen) atoms. The van der Waals surface area contributed by atoms with Gasteiger partial charge in [0.1, 0.15) is 0 Å². The Bertz CT molecular complexity index is 854. The van der Waals surface area contributed by atoms with Crippen molar-refractivity contribution in [1.82, 2.24) is 15.3 Å². The summed E-state index contributed by atoms with van der Waals surface area (Å²) < 4.78 is 0. The van der Waals surface area contributed by atoms with E-state index in [1.807, 2.05) is 67.6 Å². The van der Waals surface area contributed by atoms with Crippen LogP contribution in [-0.4, -0.2) is 22.4 Å². The number of pyridine rings is 2. The van der Waals surface area contributed by atoms with Crippen LogP contribution in [0.5, 0.6) is 0 Å². The number of nitrogens with zero attached hydrogens (tertiary/aromatic N) is 2. The number of rotatable bonds is 4. The molecule has 0 unspecified atom stereocenters. The number of nitrogens with one attached hydrogen (secondary N) is 1. The third-order valence-corrected chi connectivity index (χ3v) is 3.44. The quantitative estimate of drug-likeness (QED) is 0.802. The minimum Gasteiger partial charge on any atom is -0.352 e. The van der Waals surface area contributed by atoms with Crippen molar-refractivity contribution in [2.75, 3.05) is 6.54 Å². The van der Waals surface area contributed by atoms with Gasteiger partial charge in [-0.1, -0.05) is 18.2 Å². The predicted molar refractivity (Wildman–Crippen MR) is 92.9 cm³/mol. The number of benzene rings is 1. The SMILES string of the molecule is CCNC(=O)c1ccc(/C=C/c2ccc3cccnc3n2)cc1. The lowest BCUT2D eigenvalue weighted by molar-refractivity contribution is 0.0956. The van der Waals surface area contributed by atoms with Gasteiger partial charge in [0, 0.05) is 23.7 Å².